The molecule has 0 saturated carbocycles. The predicted octanol–water partition coefficient (Wildman–Crippen LogP) is 4.19. The number of rotatable bonds is 1. The summed E-state index contributed by atoms with van der Waals surface area (Å²) in [5, 5.41) is 10.6. The quantitative estimate of drug-likeness (QED) is 0.421. The highest BCUT2D eigenvalue weighted by Gasteiger charge is 2.17. The van der Waals surface area contributed by atoms with Gasteiger partial charge in [0.15, 0.2) is 0 Å². The van der Waals surface area contributed by atoms with E-state index in [0.717, 1.165) is 4.47 Å². The summed E-state index contributed by atoms with van der Waals surface area (Å²) in [6.45, 7) is 1.69. The molecule has 0 heterocycles. The fraction of sp³-hybridized carbons (Fsp3) is 0.143. The van der Waals surface area contributed by atoms with Gasteiger partial charge < -0.3 is 0 Å². The van der Waals surface area contributed by atoms with Crippen LogP contribution in [0, 0.1) is 17.0 Å². The van der Waals surface area contributed by atoms with Gasteiger partial charge in [-0.1, -0.05) is 0 Å². The third-order valence-corrected chi connectivity index (χ3v) is 5.08. The Kier molecular flexibility index (Phi) is 3.48. The molecule has 0 fully saturated rings. The van der Waals surface area contributed by atoms with Crippen molar-refractivity contribution < 1.29 is 4.92 Å². The van der Waals surface area contributed by atoms with Crippen molar-refractivity contribution in [3.63, 3.8) is 0 Å². The van der Waals surface area contributed by atoms with Gasteiger partial charge in [0.2, 0.25) is 0 Å². The molecule has 0 radical (unpaired) electrons. The average Bonchev–Trinajstić information content (AvgIpc) is 2.07. The van der Waals surface area contributed by atoms with Crippen LogP contribution in [-0.2, 0) is 0 Å². The van der Waals surface area contributed by atoms with Crippen molar-refractivity contribution >= 4 is 53.5 Å². The summed E-state index contributed by atoms with van der Waals surface area (Å²) in [4.78, 5) is 10.2. The summed E-state index contributed by atoms with van der Waals surface area (Å²) >= 11 is 9.78. The summed E-state index contributed by atoms with van der Waals surface area (Å²) < 4.78 is 2.15. The molecule has 0 spiro atoms. The Labute approximate surface area is 100 Å². The van der Waals surface area contributed by atoms with E-state index in [0.29, 0.717) is 14.5 Å². The van der Waals surface area contributed by atoms with Crippen molar-refractivity contribution in [2.75, 3.05) is 0 Å². The standard InChI is InChI=1S/C7H4Br3NO2/c1-3-5(11(12)13)2-4(8)7(10)6(3)9/h2H,1H3. The van der Waals surface area contributed by atoms with Crippen LogP contribution in [0.2, 0.25) is 0 Å². The molecule has 13 heavy (non-hydrogen) atoms. The maximum Gasteiger partial charge on any atom is 0.274 e. The van der Waals surface area contributed by atoms with Crippen LogP contribution in [0.3, 0.4) is 0 Å². The number of nitro groups is 1. The fourth-order valence-corrected chi connectivity index (χ4v) is 2.37. The first-order valence-electron chi connectivity index (χ1n) is 3.23. The van der Waals surface area contributed by atoms with E-state index in [2.05, 4.69) is 47.8 Å². The van der Waals surface area contributed by atoms with Crippen molar-refractivity contribution in [3.8, 4) is 0 Å². The summed E-state index contributed by atoms with van der Waals surface area (Å²) in [6.07, 6.45) is 0. The van der Waals surface area contributed by atoms with Gasteiger partial charge in [0.25, 0.3) is 5.69 Å². The molecular weight excluding hydrogens is 370 g/mol. The van der Waals surface area contributed by atoms with E-state index >= 15 is 0 Å². The summed E-state index contributed by atoms with van der Waals surface area (Å²) in [5.41, 5.74) is 0.710. The summed E-state index contributed by atoms with van der Waals surface area (Å²) in [6, 6.07) is 1.48. The van der Waals surface area contributed by atoms with Crippen molar-refractivity contribution in [2.24, 2.45) is 0 Å². The number of nitrogens with zero attached hydrogens (tertiary/aromatic N) is 1. The Balaban J connectivity index is 3.50. The third-order valence-electron chi connectivity index (χ3n) is 1.58. The lowest BCUT2D eigenvalue weighted by Crippen LogP contribution is -1.93. The largest absolute Gasteiger partial charge is 0.274 e. The second-order valence-electron chi connectivity index (χ2n) is 2.39. The van der Waals surface area contributed by atoms with Gasteiger partial charge in [-0.2, -0.15) is 0 Å². The van der Waals surface area contributed by atoms with Crippen LogP contribution < -0.4 is 0 Å². The van der Waals surface area contributed by atoms with Crippen LogP contribution in [0.4, 0.5) is 5.69 Å². The summed E-state index contributed by atoms with van der Waals surface area (Å²) in [7, 11) is 0. The van der Waals surface area contributed by atoms with Crippen LogP contribution >= 0.6 is 47.8 Å². The van der Waals surface area contributed by atoms with E-state index in [-0.39, 0.29) is 5.69 Å². The molecule has 0 unspecified atom stereocenters. The highest BCUT2D eigenvalue weighted by molar-refractivity contribution is 9.14. The van der Waals surface area contributed by atoms with Crippen LogP contribution in [-0.4, -0.2) is 4.92 Å². The molecule has 0 aromatic heterocycles. The molecule has 1 aromatic rings. The molecular formula is C7H4Br3NO2. The van der Waals surface area contributed by atoms with Crippen molar-refractivity contribution in [1.29, 1.82) is 0 Å². The molecule has 0 saturated heterocycles. The normalized spacial score (nSPS) is 10.2. The smallest absolute Gasteiger partial charge is 0.258 e. The highest BCUT2D eigenvalue weighted by atomic mass is 79.9. The monoisotopic (exact) mass is 371 g/mol. The van der Waals surface area contributed by atoms with Gasteiger partial charge in [0, 0.05) is 25.0 Å². The van der Waals surface area contributed by atoms with Gasteiger partial charge in [-0.15, -0.1) is 0 Å². The maximum absolute atomic E-state index is 10.6. The molecule has 0 bridgehead atoms. The zero-order valence-corrected chi connectivity index (χ0v) is 11.2. The van der Waals surface area contributed by atoms with Gasteiger partial charge in [-0.05, 0) is 54.7 Å². The minimum Gasteiger partial charge on any atom is -0.258 e. The Bertz CT molecular complexity index is 378. The van der Waals surface area contributed by atoms with Crippen LogP contribution in [0.15, 0.2) is 19.5 Å². The topological polar surface area (TPSA) is 43.1 Å². The second-order valence-corrected chi connectivity index (χ2v) is 4.83. The molecule has 0 atom stereocenters. The SMILES string of the molecule is Cc1c([N+](=O)[O-])cc(Br)c(Br)c1Br. The van der Waals surface area contributed by atoms with Gasteiger partial charge >= 0.3 is 0 Å². The number of benzene rings is 1. The molecule has 0 aliphatic carbocycles. The van der Waals surface area contributed by atoms with Crippen molar-refractivity contribution in [3.05, 3.63) is 35.2 Å². The Morgan fingerprint density at radius 2 is 1.85 bits per heavy atom. The van der Waals surface area contributed by atoms with Gasteiger partial charge in [0.1, 0.15) is 0 Å². The Morgan fingerprint density at radius 3 is 2.31 bits per heavy atom. The molecule has 0 aliphatic rings. The fourth-order valence-electron chi connectivity index (χ4n) is 0.863. The summed E-state index contributed by atoms with van der Waals surface area (Å²) in [5.74, 6) is 0. The molecule has 0 amide bonds. The van der Waals surface area contributed by atoms with E-state index in [1.165, 1.54) is 6.07 Å². The molecule has 6 heteroatoms. The van der Waals surface area contributed by atoms with E-state index in [4.69, 9.17) is 0 Å². The minimum absolute atomic E-state index is 0.0990. The van der Waals surface area contributed by atoms with E-state index in [1.807, 2.05) is 0 Å². The molecule has 1 aromatic carbocycles. The van der Waals surface area contributed by atoms with E-state index < -0.39 is 4.92 Å². The van der Waals surface area contributed by atoms with Crippen LogP contribution in [0.25, 0.3) is 0 Å². The Morgan fingerprint density at radius 1 is 1.31 bits per heavy atom. The molecule has 0 aliphatic heterocycles. The highest BCUT2D eigenvalue weighted by Crippen LogP contribution is 2.38. The van der Waals surface area contributed by atoms with Crippen molar-refractivity contribution in [2.45, 2.75) is 6.92 Å². The second kappa shape index (κ2) is 4.06. The Hall–Kier alpha value is 0.0600. The van der Waals surface area contributed by atoms with Gasteiger partial charge in [0.05, 0.1) is 4.92 Å². The van der Waals surface area contributed by atoms with Crippen molar-refractivity contribution in [1.82, 2.24) is 0 Å². The molecule has 3 nitrogen and oxygen atoms in total. The maximum atomic E-state index is 10.6. The molecule has 0 N–H and O–H groups in total. The predicted molar refractivity (Wildman–Crippen MR) is 60.9 cm³/mol. The lowest BCUT2D eigenvalue weighted by atomic mass is 10.2. The number of hydrogen-bond donors (Lipinski definition) is 0. The molecule has 70 valence electrons. The lowest BCUT2D eigenvalue weighted by molar-refractivity contribution is -0.385. The van der Waals surface area contributed by atoms with Crippen LogP contribution in [0.5, 0.6) is 0 Å². The van der Waals surface area contributed by atoms with E-state index in [9.17, 15) is 10.1 Å². The van der Waals surface area contributed by atoms with Crippen LogP contribution in [0.1, 0.15) is 5.56 Å². The number of hydrogen-bond acceptors (Lipinski definition) is 2. The minimum atomic E-state index is -0.405. The number of halogens is 3. The first kappa shape index (κ1) is 11.1. The van der Waals surface area contributed by atoms with Gasteiger partial charge in [-0.3, -0.25) is 10.1 Å². The first-order chi connectivity index (χ1) is 5.95. The number of nitro benzene ring substituents is 1. The zero-order valence-electron chi connectivity index (χ0n) is 6.47. The zero-order chi connectivity index (χ0) is 10.2. The molecule has 1 rings (SSSR count). The lowest BCUT2D eigenvalue weighted by Gasteiger charge is -2.04. The average molecular weight is 374 g/mol. The first-order valence-corrected chi connectivity index (χ1v) is 5.61. The third kappa shape index (κ3) is 2.11. The van der Waals surface area contributed by atoms with E-state index in [1.54, 1.807) is 6.92 Å². The van der Waals surface area contributed by atoms with Gasteiger partial charge in [-0.25, -0.2) is 0 Å².